The van der Waals surface area contributed by atoms with Crippen LogP contribution in [0.2, 0.25) is 0 Å². The molecule has 6 nitrogen and oxygen atoms in total. The van der Waals surface area contributed by atoms with Gasteiger partial charge in [-0.05, 0) is 31.5 Å². The molecular weight excluding hydrogens is 378 g/mol. The second kappa shape index (κ2) is 7.75. The lowest BCUT2D eigenvalue weighted by Gasteiger charge is -2.15. The molecule has 1 heterocycles. The average Bonchev–Trinajstić information content (AvgIpc) is 2.75. The third kappa shape index (κ3) is 3.51. The molecule has 0 atom stereocenters. The van der Waals surface area contributed by atoms with Crippen LogP contribution in [-0.4, -0.2) is 15.8 Å². The van der Waals surface area contributed by atoms with Crippen LogP contribution in [0.4, 0.5) is 11.4 Å². The molecule has 0 saturated carbocycles. The van der Waals surface area contributed by atoms with Gasteiger partial charge in [-0.2, -0.15) is 0 Å². The van der Waals surface area contributed by atoms with E-state index in [1.807, 2.05) is 61.5 Å². The molecule has 0 bridgehead atoms. The number of nitrogens with one attached hydrogen (secondary N) is 1. The maximum Gasteiger partial charge on any atom is 0.274 e. The lowest BCUT2D eigenvalue weighted by molar-refractivity contribution is -0.385. The number of anilines is 1. The lowest BCUT2D eigenvalue weighted by Crippen LogP contribution is -2.15. The number of aromatic nitrogens is 1. The van der Waals surface area contributed by atoms with Crippen LogP contribution in [0.1, 0.15) is 21.5 Å². The molecule has 0 aliphatic heterocycles. The first-order chi connectivity index (χ1) is 14.5. The highest BCUT2D eigenvalue weighted by Crippen LogP contribution is 2.30. The molecule has 1 aromatic heterocycles. The number of carbonyl (C=O) groups excluding carboxylic acids is 1. The number of hydrogen-bond donors (Lipinski definition) is 1. The van der Waals surface area contributed by atoms with Crippen molar-refractivity contribution in [3.8, 4) is 11.3 Å². The van der Waals surface area contributed by atoms with Gasteiger partial charge in [-0.15, -0.1) is 0 Å². The second-order valence-corrected chi connectivity index (χ2v) is 7.06. The zero-order valence-electron chi connectivity index (χ0n) is 16.5. The Morgan fingerprint density at radius 2 is 1.67 bits per heavy atom. The van der Waals surface area contributed by atoms with E-state index in [9.17, 15) is 14.9 Å². The summed E-state index contributed by atoms with van der Waals surface area (Å²) < 4.78 is 0. The van der Waals surface area contributed by atoms with Gasteiger partial charge < -0.3 is 5.32 Å². The predicted molar refractivity (Wildman–Crippen MR) is 118 cm³/mol. The van der Waals surface area contributed by atoms with Crippen molar-refractivity contribution in [3.05, 3.63) is 99.6 Å². The number of nitro groups is 1. The Kier molecular flexibility index (Phi) is 4.98. The molecular formula is C24H19N3O3. The summed E-state index contributed by atoms with van der Waals surface area (Å²) in [5.41, 5.74) is 4.49. The van der Waals surface area contributed by atoms with E-state index in [-0.39, 0.29) is 11.6 Å². The van der Waals surface area contributed by atoms with Crippen molar-refractivity contribution in [3.63, 3.8) is 0 Å². The quantitative estimate of drug-likeness (QED) is 0.355. The third-order valence-corrected chi connectivity index (χ3v) is 5.07. The molecule has 0 aliphatic rings. The van der Waals surface area contributed by atoms with Gasteiger partial charge in [-0.25, -0.2) is 4.98 Å². The van der Waals surface area contributed by atoms with Gasteiger partial charge in [0.1, 0.15) is 0 Å². The Morgan fingerprint density at radius 3 is 2.40 bits per heavy atom. The van der Waals surface area contributed by atoms with Crippen molar-refractivity contribution < 1.29 is 9.72 Å². The number of aryl methyl sites for hydroxylation is 1. The average molecular weight is 397 g/mol. The van der Waals surface area contributed by atoms with E-state index in [1.165, 1.54) is 6.07 Å². The summed E-state index contributed by atoms with van der Waals surface area (Å²) in [6.07, 6.45) is 0. The van der Waals surface area contributed by atoms with E-state index in [4.69, 9.17) is 4.98 Å². The molecule has 1 N–H and O–H groups in total. The number of para-hydroxylation sites is 1. The Labute approximate surface area is 173 Å². The molecule has 1 amide bonds. The van der Waals surface area contributed by atoms with Gasteiger partial charge in [0.15, 0.2) is 0 Å². The minimum atomic E-state index is -0.453. The van der Waals surface area contributed by atoms with Crippen LogP contribution in [-0.2, 0) is 0 Å². The van der Waals surface area contributed by atoms with Crippen LogP contribution < -0.4 is 5.32 Å². The molecule has 6 heteroatoms. The third-order valence-electron chi connectivity index (χ3n) is 5.07. The van der Waals surface area contributed by atoms with E-state index < -0.39 is 4.92 Å². The van der Waals surface area contributed by atoms with E-state index in [0.717, 1.165) is 22.2 Å². The predicted octanol–water partition coefficient (Wildman–Crippen LogP) is 5.68. The van der Waals surface area contributed by atoms with Crippen molar-refractivity contribution in [2.75, 3.05) is 5.32 Å². The second-order valence-electron chi connectivity index (χ2n) is 7.06. The van der Waals surface area contributed by atoms with Gasteiger partial charge in [0.05, 0.1) is 21.7 Å². The van der Waals surface area contributed by atoms with Crippen LogP contribution in [0, 0.1) is 24.0 Å². The summed E-state index contributed by atoms with van der Waals surface area (Å²) in [6, 6.07) is 21.8. The molecule has 4 rings (SSSR count). The molecule has 148 valence electrons. The van der Waals surface area contributed by atoms with Gasteiger partial charge in [-0.1, -0.05) is 54.6 Å². The smallest absolute Gasteiger partial charge is 0.274 e. The summed E-state index contributed by atoms with van der Waals surface area (Å²) in [7, 11) is 0. The maximum absolute atomic E-state index is 13.3. The number of benzene rings is 3. The number of amides is 1. The fourth-order valence-electron chi connectivity index (χ4n) is 3.55. The topological polar surface area (TPSA) is 85.1 Å². The zero-order valence-corrected chi connectivity index (χ0v) is 16.5. The molecule has 0 unspecified atom stereocenters. The molecule has 3 aromatic carbocycles. The first-order valence-electron chi connectivity index (χ1n) is 9.47. The first-order valence-corrected chi connectivity index (χ1v) is 9.47. The maximum atomic E-state index is 13.3. The van der Waals surface area contributed by atoms with Crippen LogP contribution >= 0.6 is 0 Å². The Hall–Kier alpha value is -4.06. The molecule has 30 heavy (non-hydrogen) atoms. The van der Waals surface area contributed by atoms with Crippen molar-refractivity contribution >= 4 is 28.2 Å². The van der Waals surface area contributed by atoms with Gasteiger partial charge in [0.2, 0.25) is 0 Å². The van der Waals surface area contributed by atoms with E-state index in [0.29, 0.717) is 22.3 Å². The molecule has 0 fully saturated rings. The molecule has 0 spiro atoms. The Balaban J connectivity index is 1.84. The van der Waals surface area contributed by atoms with Crippen LogP contribution in [0.3, 0.4) is 0 Å². The van der Waals surface area contributed by atoms with E-state index >= 15 is 0 Å². The number of rotatable bonds is 4. The number of pyridine rings is 1. The van der Waals surface area contributed by atoms with Crippen molar-refractivity contribution in [1.82, 2.24) is 4.98 Å². The minimum Gasteiger partial charge on any atom is -0.322 e. The van der Waals surface area contributed by atoms with Gasteiger partial charge in [-0.3, -0.25) is 14.9 Å². The standard InChI is InChI=1S/C24H19N3O3/c1-15-12-13-18(14-21(15)27(29)30)25-24(28)22-16(2)23(17-8-4-3-5-9-17)26-20-11-7-6-10-19(20)22/h3-14H,1-2H3,(H,25,28). The number of nitrogens with zero attached hydrogens (tertiary/aromatic N) is 2. The van der Waals surface area contributed by atoms with Gasteiger partial charge in [0, 0.05) is 28.3 Å². The highest BCUT2D eigenvalue weighted by molar-refractivity contribution is 6.14. The fourth-order valence-corrected chi connectivity index (χ4v) is 3.55. The van der Waals surface area contributed by atoms with Crippen molar-refractivity contribution in [2.24, 2.45) is 0 Å². The van der Waals surface area contributed by atoms with Gasteiger partial charge in [0.25, 0.3) is 11.6 Å². The fraction of sp³-hybridized carbons (Fsp3) is 0.0833. The van der Waals surface area contributed by atoms with Crippen LogP contribution in [0.15, 0.2) is 72.8 Å². The van der Waals surface area contributed by atoms with Crippen LogP contribution in [0.25, 0.3) is 22.2 Å². The molecule has 4 aromatic rings. The lowest BCUT2D eigenvalue weighted by atomic mass is 9.97. The summed E-state index contributed by atoms with van der Waals surface area (Å²) in [4.78, 5) is 28.9. The molecule has 0 aliphatic carbocycles. The number of hydrogen-bond acceptors (Lipinski definition) is 4. The van der Waals surface area contributed by atoms with Crippen molar-refractivity contribution in [1.29, 1.82) is 0 Å². The Morgan fingerprint density at radius 1 is 0.967 bits per heavy atom. The zero-order chi connectivity index (χ0) is 21.3. The highest BCUT2D eigenvalue weighted by Gasteiger charge is 2.20. The summed E-state index contributed by atoms with van der Waals surface area (Å²) >= 11 is 0. The van der Waals surface area contributed by atoms with E-state index in [1.54, 1.807) is 19.1 Å². The van der Waals surface area contributed by atoms with Gasteiger partial charge >= 0.3 is 0 Å². The summed E-state index contributed by atoms with van der Waals surface area (Å²) in [6.45, 7) is 3.53. The molecule has 0 saturated heterocycles. The van der Waals surface area contributed by atoms with E-state index in [2.05, 4.69) is 5.32 Å². The normalized spacial score (nSPS) is 10.7. The highest BCUT2D eigenvalue weighted by atomic mass is 16.6. The Bertz CT molecular complexity index is 1280. The summed E-state index contributed by atoms with van der Waals surface area (Å²) in [5.74, 6) is -0.332. The minimum absolute atomic E-state index is 0.0333. The SMILES string of the molecule is Cc1ccc(NC(=O)c2c(C)c(-c3ccccc3)nc3ccccc23)cc1[N+](=O)[O-]. The van der Waals surface area contributed by atoms with Crippen LogP contribution in [0.5, 0.6) is 0 Å². The summed E-state index contributed by atoms with van der Waals surface area (Å²) in [5, 5.41) is 14.8. The van der Waals surface area contributed by atoms with Crippen molar-refractivity contribution in [2.45, 2.75) is 13.8 Å². The monoisotopic (exact) mass is 397 g/mol. The molecule has 0 radical (unpaired) electrons. The largest absolute Gasteiger partial charge is 0.322 e. The first kappa shape index (κ1) is 19.3. The number of nitro benzene ring substituents is 1. The number of carbonyl (C=O) groups is 1. The number of fused-ring (bicyclic) bond motifs is 1.